The smallest absolute Gasteiger partial charge is 0.242 e. The van der Waals surface area contributed by atoms with Crippen molar-refractivity contribution in [2.45, 2.75) is 37.8 Å². The molecule has 0 amide bonds. The lowest BCUT2D eigenvalue weighted by Gasteiger charge is -2.13. The predicted molar refractivity (Wildman–Crippen MR) is 126 cm³/mol. The molecule has 0 atom stereocenters. The summed E-state index contributed by atoms with van der Waals surface area (Å²) in [5.74, 6) is 1.09. The highest BCUT2D eigenvalue weighted by atomic mass is 127. The summed E-state index contributed by atoms with van der Waals surface area (Å²) in [4.78, 5) is 9.08. The number of hydrogen-bond donors (Lipinski definition) is 2. The van der Waals surface area contributed by atoms with E-state index in [2.05, 4.69) is 39.8 Å². The van der Waals surface area contributed by atoms with Crippen molar-refractivity contribution in [2.75, 3.05) is 21.1 Å². The van der Waals surface area contributed by atoms with Crippen LogP contribution in [0.25, 0.3) is 0 Å². The molecule has 0 bridgehead atoms. The number of sulfonamides is 1. The van der Waals surface area contributed by atoms with Crippen molar-refractivity contribution in [2.24, 2.45) is 4.99 Å². The Bertz CT molecular complexity index is 878. The van der Waals surface area contributed by atoms with E-state index in [-0.39, 0.29) is 28.9 Å². The first-order valence-electron chi connectivity index (χ1n) is 8.64. The number of aliphatic imine (C=N–C) groups is 1. The van der Waals surface area contributed by atoms with Crippen molar-refractivity contribution in [3.05, 3.63) is 45.9 Å². The van der Waals surface area contributed by atoms with Gasteiger partial charge in [0.05, 0.1) is 17.1 Å². The zero-order chi connectivity index (χ0) is 20.0. The molecule has 156 valence electrons. The van der Waals surface area contributed by atoms with E-state index in [4.69, 9.17) is 0 Å². The molecule has 10 heteroatoms. The molecular weight excluding hydrogens is 509 g/mol. The maximum Gasteiger partial charge on any atom is 0.242 e. The Morgan fingerprint density at radius 3 is 2.29 bits per heavy atom. The summed E-state index contributed by atoms with van der Waals surface area (Å²) in [5.41, 5.74) is 2.07. The predicted octanol–water partition coefficient (Wildman–Crippen LogP) is 3.00. The molecule has 1 aromatic carbocycles. The molecule has 0 aliphatic heterocycles. The van der Waals surface area contributed by atoms with E-state index < -0.39 is 10.0 Å². The van der Waals surface area contributed by atoms with E-state index in [0.29, 0.717) is 25.0 Å². The lowest BCUT2D eigenvalue weighted by molar-refractivity contribution is 0.520. The quantitative estimate of drug-likeness (QED) is 0.322. The second-order valence-electron chi connectivity index (χ2n) is 6.53. The minimum atomic E-state index is -3.40. The molecule has 0 aliphatic carbocycles. The lowest BCUT2D eigenvalue weighted by Crippen LogP contribution is -2.36. The van der Waals surface area contributed by atoms with Gasteiger partial charge >= 0.3 is 0 Å². The Balaban J connectivity index is 0.00000392. The van der Waals surface area contributed by atoms with E-state index in [0.717, 1.165) is 16.3 Å². The maximum absolute atomic E-state index is 12.1. The van der Waals surface area contributed by atoms with Crippen molar-refractivity contribution >= 4 is 51.3 Å². The number of nitrogens with one attached hydrogen (secondary N) is 2. The summed E-state index contributed by atoms with van der Waals surface area (Å²) in [6.45, 7) is 5.40. The van der Waals surface area contributed by atoms with Gasteiger partial charge in [0.25, 0.3) is 0 Å². The Morgan fingerprint density at radius 2 is 1.79 bits per heavy atom. The first-order valence-corrected chi connectivity index (χ1v) is 11.0. The average molecular weight is 537 g/mol. The molecule has 2 rings (SSSR count). The van der Waals surface area contributed by atoms with Crippen LogP contribution in [0, 0.1) is 0 Å². The van der Waals surface area contributed by atoms with Crippen LogP contribution >= 0.6 is 35.3 Å². The van der Waals surface area contributed by atoms with Gasteiger partial charge in [-0.25, -0.2) is 17.7 Å². The number of guanidine groups is 1. The van der Waals surface area contributed by atoms with Gasteiger partial charge in [0.2, 0.25) is 10.0 Å². The van der Waals surface area contributed by atoms with Gasteiger partial charge in [-0.2, -0.15) is 0 Å². The number of aromatic nitrogens is 1. The van der Waals surface area contributed by atoms with Crippen molar-refractivity contribution in [3.8, 4) is 0 Å². The first-order chi connectivity index (χ1) is 12.7. The van der Waals surface area contributed by atoms with Crippen molar-refractivity contribution in [1.82, 2.24) is 19.9 Å². The molecule has 7 nitrogen and oxygen atoms in total. The van der Waals surface area contributed by atoms with E-state index in [9.17, 15) is 8.42 Å². The largest absolute Gasteiger partial charge is 0.352 e. The fourth-order valence-corrected chi connectivity index (χ4v) is 4.02. The van der Waals surface area contributed by atoms with Crippen LogP contribution in [-0.4, -0.2) is 44.8 Å². The van der Waals surface area contributed by atoms with E-state index >= 15 is 0 Å². The fourth-order valence-electron chi connectivity index (χ4n) is 2.23. The fraction of sp³-hybridized carbons (Fsp3) is 0.444. The standard InChI is InChI=1S/C18H27N5O2S2.HI/c1-13(2)16-12-26-17(22-16)11-21-18(19-3)20-10-14-6-8-15(9-7-14)27(24,25)23(4)5;/h6-9,12-13H,10-11H2,1-5H3,(H2,19,20,21);1H. The molecule has 1 heterocycles. The minimum absolute atomic E-state index is 0. The van der Waals surface area contributed by atoms with E-state index in [1.54, 1.807) is 42.6 Å². The number of benzene rings is 1. The van der Waals surface area contributed by atoms with Gasteiger partial charge in [-0.3, -0.25) is 4.99 Å². The molecule has 0 fully saturated rings. The Hall–Kier alpha value is -1.24. The topological polar surface area (TPSA) is 86.7 Å². The molecule has 0 spiro atoms. The minimum Gasteiger partial charge on any atom is -0.352 e. The molecule has 2 N–H and O–H groups in total. The number of thiazole rings is 1. The summed E-state index contributed by atoms with van der Waals surface area (Å²) < 4.78 is 25.4. The molecule has 0 radical (unpaired) electrons. The van der Waals surface area contributed by atoms with Crippen LogP contribution in [0.15, 0.2) is 39.5 Å². The third kappa shape index (κ3) is 6.68. The van der Waals surface area contributed by atoms with Gasteiger partial charge in [0.15, 0.2) is 5.96 Å². The van der Waals surface area contributed by atoms with Crippen LogP contribution in [0.4, 0.5) is 0 Å². The van der Waals surface area contributed by atoms with Gasteiger partial charge in [-0.05, 0) is 23.6 Å². The van der Waals surface area contributed by atoms with Crippen molar-refractivity contribution in [1.29, 1.82) is 0 Å². The molecule has 1 aromatic heterocycles. The highest BCUT2D eigenvalue weighted by Crippen LogP contribution is 2.17. The zero-order valence-corrected chi connectivity index (χ0v) is 20.7. The van der Waals surface area contributed by atoms with Crippen LogP contribution < -0.4 is 10.6 Å². The molecular formula is C18H28IN5O2S2. The van der Waals surface area contributed by atoms with Crippen LogP contribution in [0.1, 0.15) is 36.0 Å². The molecule has 0 saturated heterocycles. The summed E-state index contributed by atoms with van der Waals surface area (Å²) in [6, 6.07) is 6.83. The van der Waals surface area contributed by atoms with Gasteiger partial charge in [0, 0.05) is 33.1 Å². The normalized spacial score (nSPS) is 12.2. The van der Waals surface area contributed by atoms with Crippen LogP contribution in [0.2, 0.25) is 0 Å². The highest BCUT2D eigenvalue weighted by Gasteiger charge is 2.16. The van der Waals surface area contributed by atoms with Crippen LogP contribution in [-0.2, 0) is 23.1 Å². The molecule has 0 saturated carbocycles. The monoisotopic (exact) mass is 537 g/mol. The van der Waals surface area contributed by atoms with E-state index in [1.807, 2.05) is 0 Å². The number of rotatable bonds is 7. The van der Waals surface area contributed by atoms with Gasteiger partial charge in [-0.1, -0.05) is 26.0 Å². The SMILES string of the molecule is CN=C(NCc1ccc(S(=O)(=O)N(C)C)cc1)NCc1nc(C(C)C)cs1.I. The average Bonchev–Trinajstić information content (AvgIpc) is 3.11. The van der Waals surface area contributed by atoms with Gasteiger partial charge in [0.1, 0.15) is 5.01 Å². The van der Waals surface area contributed by atoms with Crippen molar-refractivity contribution in [3.63, 3.8) is 0 Å². The summed E-state index contributed by atoms with van der Waals surface area (Å²) in [7, 11) is 1.35. The van der Waals surface area contributed by atoms with Crippen molar-refractivity contribution < 1.29 is 8.42 Å². The van der Waals surface area contributed by atoms with Gasteiger partial charge < -0.3 is 10.6 Å². The lowest BCUT2D eigenvalue weighted by atomic mass is 10.2. The molecule has 28 heavy (non-hydrogen) atoms. The Kier molecular flexibility index (Phi) is 9.81. The maximum atomic E-state index is 12.1. The molecule has 0 aliphatic rings. The third-order valence-corrected chi connectivity index (χ3v) is 6.65. The number of halogens is 1. The van der Waals surface area contributed by atoms with Crippen LogP contribution in [0.3, 0.4) is 0 Å². The zero-order valence-electron chi connectivity index (χ0n) is 16.8. The van der Waals surface area contributed by atoms with E-state index in [1.165, 1.54) is 18.4 Å². The second kappa shape index (κ2) is 11.1. The molecule has 0 unspecified atom stereocenters. The first kappa shape index (κ1) is 24.8. The molecule has 2 aromatic rings. The number of hydrogen-bond acceptors (Lipinski definition) is 5. The highest BCUT2D eigenvalue weighted by molar-refractivity contribution is 14.0. The summed E-state index contributed by atoms with van der Waals surface area (Å²) in [5, 5.41) is 9.56. The van der Waals surface area contributed by atoms with Gasteiger partial charge in [-0.15, -0.1) is 35.3 Å². The van der Waals surface area contributed by atoms with Crippen LogP contribution in [0.5, 0.6) is 0 Å². The second-order valence-corrected chi connectivity index (χ2v) is 9.63. The summed E-state index contributed by atoms with van der Waals surface area (Å²) in [6.07, 6.45) is 0. The summed E-state index contributed by atoms with van der Waals surface area (Å²) >= 11 is 1.63. The third-order valence-electron chi connectivity index (χ3n) is 3.95. The Labute approximate surface area is 188 Å². The number of nitrogens with zero attached hydrogens (tertiary/aromatic N) is 3. The Morgan fingerprint density at radius 1 is 1.18 bits per heavy atom.